The van der Waals surface area contributed by atoms with Gasteiger partial charge in [-0.3, -0.25) is 0 Å². The number of phenols is 1. The molecule has 1 atom stereocenters. The minimum absolute atomic E-state index is 0.0494. The van der Waals surface area contributed by atoms with Gasteiger partial charge in [-0.2, -0.15) is 0 Å². The normalized spacial score (nSPS) is 19.2. The van der Waals surface area contributed by atoms with Crippen LogP contribution in [0.15, 0.2) is 55.1 Å². The van der Waals surface area contributed by atoms with E-state index in [-0.39, 0.29) is 11.9 Å². The molecule has 1 N–H and O–H groups in total. The molecular weight excluding hydrogens is 304 g/mol. The van der Waals surface area contributed by atoms with Crippen LogP contribution < -0.4 is 4.74 Å². The molecule has 0 spiro atoms. The van der Waals surface area contributed by atoms with E-state index in [0.717, 1.165) is 22.4 Å². The van der Waals surface area contributed by atoms with E-state index in [1.807, 2.05) is 50.2 Å². The van der Waals surface area contributed by atoms with Crippen LogP contribution in [0.25, 0.3) is 5.57 Å². The van der Waals surface area contributed by atoms with Gasteiger partial charge < -0.3 is 19.3 Å². The van der Waals surface area contributed by atoms with E-state index in [2.05, 4.69) is 6.58 Å². The van der Waals surface area contributed by atoms with Gasteiger partial charge in [0.2, 0.25) is 0 Å². The van der Waals surface area contributed by atoms with Crippen LogP contribution in [0.5, 0.6) is 11.5 Å². The smallest absolute Gasteiger partial charge is 0.163 e. The number of hydrogen-bond acceptors (Lipinski definition) is 4. The summed E-state index contributed by atoms with van der Waals surface area (Å²) in [5.41, 5.74) is 2.88. The molecule has 0 unspecified atom stereocenters. The topological polar surface area (TPSA) is 47.9 Å². The zero-order valence-electron chi connectivity index (χ0n) is 14.0. The third-order valence-electron chi connectivity index (χ3n) is 3.92. The van der Waals surface area contributed by atoms with E-state index in [0.29, 0.717) is 13.2 Å². The predicted octanol–water partition coefficient (Wildman–Crippen LogP) is 3.98. The number of hydrogen-bond donors (Lipinski definition) is 1. The fourth-order valence-corrected chi connectivity index (χ4v) is 2.62. The van der Waals surface area contributed by atoms with Crippen LogP contribution in [0.1, 0.15) is 25.0 Å². The lowest BCUT2D eigenvalue weighted by molar-refractivity contribution is -0.141. The van der Waals surface area contributed by atoms with Crippen LogP contribution in [-0.2, 0) is 9.47 Å². The summed E-state index contributed by atoms with van der Waals surface area (Å²) in [5, 5.41) is 9.36. The summed E-state index contributed by atoms with van der Waals surface area (Å²) in [6, 6.07) is 14.8. The van der Waals surface area contributed by atoms with Crippen molar-refractivity contribution in [2.75, 3.05) is 13.2 Å². The van der Waals surface area contributed by atoms with E-state index in [9.17, 15) is 5.11 Å². The van der Waals surface area contributed by atoms with Crippen molar-refractivity contribution in [3.8, 4) is 11.5 Å². The van der Waals surface area contributed by atoms with Gasteiger partial charge in [-0.25, -0.2) is 0 Å². The van der Waals surface area contributed by atoms with Gasteiger partial charge >= 0.3 is 0 Å². The Hall–Kier alpha value is -2.30. The maximum Gasteiger partial charge on any atom is 0.163 e. The first-order valence-electron chi connectivity index (χ1n) is 7.96. The summed E-state index contributed by atoms with van der Waals surface area (Å²) in [6.45, 7) is 8.92. The highest BCUT2D eigenvalue weighted by atomic mass is 16.7. The summed E-state index contributed by atoms with van der Waals surface area (Å²) >= 11 is 0. The van der Waals surface area contributed by atoms with Gasteiger partial charge in [-0.15, -0.1) is 0 Å². The Labute approximate surface area is 142 Å². The fraction of sp³-hybridized carbons (Fsp3) is 0.300. The van der Waals surface area contributed by atoms with Crippen LogP contribution in [0.3, 0.4) is 0 Å². The van der Waals surface area contributed by atoms with Crippen LogP contribution >= 0.6 is 0 Å². The predicted molar refractivity (Wildman–Crippen MR) is 93.1 cm³/mol. The molecule has 1 saturated heterocycles. The first kappa shape index (κ1) is 16.6. The molecule has 0 saturated carbocycles. The maximum absolute atomic E-state index is 9.36. The van der Waals surface area contributed by atoms with Crippen molar-refractivity contribution < 1.29 is 19.3 Å². The Morgan fingerprint density at radius 2 is 1.71 bits per heavy atom. The first-order valence-corrected chi connectivity index (χ1v) is 7.96. The molecule has 3 rings (SSSR count). The lowest BCUT2D eigenvalue weighted by atomic mass is 9.99. The fourth-order valence-electron chi connectivity index (χ4n) is 2.62. The van der Waals surface area contributed by atoms with Crippen molar-refractivity contribution >= 4 is 5.57 Å². The van der Waals surface area contributed by atoms with Gasteiger partial charge in [0.25, 0.3) is 0 Å². The monoisotopic (exact) mass is 326 g/mol. The molecule has 24 heavy (non-hydrogen) atoms. The van der Waals surface area contributed by atoms with E-state index < -0.39 is 5.79 Å². The molecule has 0 aliphatic carbocycles. The summed E-state index contributed by atoms with van der Waals surface area (Å²) in [6.07, 6.45) is -0.0494. The standard InChI is InChI=1S/C20H22O4/c1-14(15-4-8-17(21)9-5-15)16-6-10-18(11-7-16)22-12-19-13-23-20(2,3)24-19/h4-11,19,21H,1,12-13H2,2-3H3/t19-/m1/s1. The van der Waals surface area contributed by atoms with E-state index in [4.69, 9.17) is 14.2 Å². The summed E-state index contributed by atoms with van der Waals surface area (Å²) in [5.74, 6) is 0.502. The Kier molecular flexibility index (Phi) is 4.60. The van der Waals surface area contributed by atoms with Crippen LogP contribution in [0, 0.1) is 0 Å². The molecule has 1 fully saturated rings. The molecule has 2 aromatic rings. The number of benzene rings is 2. The average Bonchev–Trinajstić information content (AvgIpc) is 2.93. The Bertz CT molecular complexity index is 701. The number of rotatable bonds is 5. The highest BCUT2D eigenvalue weighted by Gasteiger charge is 2.32. The van der Waals surface area contributed by atoms with Crippen molar-refractivity contribution in [3.63, 3.8) is 0 Å². The second-order valence-corrected chi connectivity index (χ2v) is 6.31. The summed E-state index contributed by atoms with van der Waals surface area (Å²) in [7, 11) is 0. The molecular formula is C20H22O4. The minimum atomic E-state index is -0.528. The van der Waals surface area contributed by atoms with Crippen molar-refractivity contribution in [2.24, 2.45) is 0 Å². The van der Waals surface area contributed by atoms with E-state index in [1.165, 1.54) is 0 Å². The van der Waals surface area contributed by atoms with Crippen LogP contribution in [0.2, 0.25) is 0 Å². The Morgan fingerprint density at radius 3 is 2.25 bits per heavy atom. The molecule has 1 aliphatic rings. The molecule has 4 nitrogen and oxygen atoms in total. The third kappa shape index (κ3) is 3.96. The third-order valence-corrected chi connectivity index (χ3v) is 3.92. The zero-order valence-corrected chi connectivity index (χ0v) is 14.0. The molecule has 1 heterocycles. The molecule has 2 aromatic carbocycles. The molecule has 1 aliphatic heterocycles. The van der Waals surface area contributed by atoms with Crippen molar-refractivity contribution in [2.45, 2.75) is 25.7 Å². The van der Waals surface area contributed by atoms with Gasteiger partial charge in [-0.05, 0) is 54.8 Å². The lowest BCUT2D eigenvalue weighted by Gasteiger charge is -2.17. The Balaban J connectivity index is 1.59. The van der Waals surface area contributed by atoms with E-state index >= 15 is 0 Å². The van der Waals surface area contributed by atoms with Crippen molar-refractivity contribution in [1.82, 2.24) is 0 Å². The first-order chi connectivity index (χ1) is 11.4. The Morgan fingerprint density at radius 1 is 1.12 bits per heavy atom. The summed E-state index contributed by atoms with van der Waals surface area (Å²) in [4.78, 5) is 0. The molecule has 4 heteroatoms. The van der Waals surface area contributed by atoms with Gasteiger partial charge in [-0.1, -0.05) is 30.8 Å². The van der Waals surface area contributed by atoms with Crippen LogP contribution in [0.4, 0.5) is 0 Å². The van der Waals surface area contributed by atoms with Crippen LogP contribution in [-0.4, -0.2) is 30.2 Å². The summed E-state index contributed by atoms with van der Waals surface area (Å²) < 4.78 is 17.0. The SMILES string of the molecule is C=C(c1ccc(O)cc1)c1ccc(OC[C@@H]2COC(C)(C)O2)cc1. The molecule has 0 radical (unpaired) electrons. The highest BCUT2D eigenvalue weighted by Crippen LogP contribution is 2.26. The number of phenolic OH excluding ortho intramolecular Hbond substituents is 1. The zero-order chi connectivity index (χ0) is 17.2. The quantitative estimate of drug-likeness (QED) is 0.903. The highest BCUT2D eigenvalue weighted by molar-refractivity contribution is 5.78. The van der Waals surface area contributed by atoms with Crippen molar-refractivity contribution in [3.05, 3.63) is 66.2 Å². The van der Waals surface area contributed by atoms with Gasteiger partial charge in [0.15, 0.2) is 5.79 Å². The molecule has 0 aromatic heterocycles. The second-order valence-electron chi connectivity index (χ2n) is 6.31. The molecule has 0 bridgehead atoms. The average molecular weight is 326 g/mol. The number of aromatic hydroxyl groups is 1. The van der Waals surface area contributed by atoms with Gasteiger partial charge in [0, 0.05) is 0 Å². The van der Waals surface area contributed by atoms with Crippen molar-refractivity contribution in [1.29, 1.82) is 0 Å². The maximum atomic E-state index is 9.36. The van der Waals surface area contributed by atoms with E-state index in [1.54, 1.807) is 12.1 Å². The minimum Gasteiger partial charge on any atom is -0.508 e. The second kappa shape index (κ2) is 6.67. The largest absolute Gasteiger partial charge is 0.508 e. The lowest BCUT2D eigenvalue weighted by Crippen LogP contribution is -2.25. The van der Waals surface area contributed by atoms with Gasteiger partial charge in [0.1, 0.15) is 24.2 Å². The number of ether oxygens (including phenoxy) is 3. The molecule has 0 amide bonds. The molecule has 126 valence electrons. The van der Waals surface area contributed by atoms with Gasteiger partial charge in [0.05, 0.1) is 6.61 Å².